The number of carbonyl (C=O) groups is 1. The molecule has 0 saturated carbocycles. The van der Waals surface area contributed by atoms with Crippen LogP contribution in [-0.4, -0.2) is 52.2 Å². The predicted octanol–water partition coefficient (Wildman–Crippen LogP) is 2.68. The van der Waals surface area contributed by atoms with E-state index in [4.69, 9.17) is 4.74 Å². The van der Waals surface area contributed by atoms with Gasteiger partial charge in [0.25, 0.3) is 0 Å². The molecule has 0 spiro atoms. The van der Waals surface area contributed by atoms with Crippen LogP contribution >= 0.6 is 0 Å². The molecule has 0 bridgehead atoms. The van der Waals surface area contributed by atoms with E-state index in [9.17, 15) is 13.2 Å². The highest BCUT2D eigenvalue weighted by molar-refractivity contribution is 7.92. The Labute approximate surface area is 185 Å². The normalized spacial score (nSPS) is 14.4. The van der Waals surface area contributed by atoms with E-state index in [1.807, 2.05) is 31.2 Å². The van der Waals surface area contributed by atoms with Crippen LogP contribution in [0.1, 0.15) is 29.5 Å². The van der Waals surface area contributed by atoms with Crippen molar-refractivity contribution >= 4 is 21.6 Å². The van der Waals surface area contributed by atoms with Crippen LogP contribution in [0.15, 0.2) is 42.5 Å². The Balaban J connectivity index is 1.71. The maximum Gasteiger partial charge on any atom is 0.241 e. The zero-order valence-corrected chi connectivity index (χ0v) is 19.2. The maximum absolute atomic E-state index is 12.7. The number of sulfonamides is 1. The Kier molecular flexibility index (Phi) is 7.56. The fourth-order valence-corrected chi connectivity index (χ4v) is 4.67. The van der Waals surface area contributed by atoms with Gasteiger partial charge in [0, 0.05) is 13.1 Å². The first kappa shape index (κ1) is 23.1. The first-order valence-electron chi connectivity index (χ1n) is 10.5. The molecule has 8 heteroatoms. The lowest BCUT2D eigenvalue weighted by Gasteiger charge is -2.24. The number of nitrogens with one attached hydrogen (secondary N) is 1. The van der Waals surface area contributed by atoms with E-state index in [1.54, 1.807) is 12.1 Å². The summed E-state index contributed by atoms with van der Waals surface area (Å²) in [5.41, 5.74) is 3.46. The number of anilines is 1. The minimum atomic E-state index is -3.68. The van der Waals surface area contributed by atoms with E-state index in [2.05, 4.69) is 16.3 Å². The third-order valence-electron chi connectivity index (χ3n) is 5.48. The molecule has 3 rings (SSSR count). The molecule has 1 saturated heterocycles. The topological polar surface area (TPSA) is 79.0 Å². The number of methoxy groups -OCH3 is 1. The van der Waals surface area contributed by atoms with Crippen LogP contribution in [0.3, 0.4) is 0 Å². The van der Waals surface area contributed by atoms with E-state index in [0.29, 0.717) is 18.0 Å². The van der Waals surface area contributed by atoms with Gasteiger partial charge in [0.05, 0.1) is 19.1 Å². The number of likely N-dealkylation sites (tertiary alicyclic amines) is 1. The molecule has 168 valence electrons. The van der Waals surface area contributed by atoms with Gasteiger partial charge in [-0.05, 0) is 61.7 Å². The van der Waals surface area contributed by atoms with Crippen LogP contribution in [0, 0.1) is 6.92 Å². The van der Waals surface area contributed by atoms with Crippen LogP contribution in [0.2, 0.25) is 0 Å². The minimum Gasteiger partial charge on any atom is -0.495 e. The molecule has 0 radical (unpaired) electrons. The van der Waals surface area contributed by atoms with E-state index in [0.717, 1.165) is 41.3 Å². The van der Waals surface area contributed by atoms with Crippen molar-refractivity contribution in [2.45, 2.75) is 32.9 Å². The molecule has 1 amide bonds. The van der Waals surface area contributed by atoms with Gasteiger partial charge in [-0.1, -0.05) is 30.3 Å². The van der Waals surface area contributed by atoms with Gasteiger partial charge in [0.15, 0.2) is 0 Å². The average Bonchev–Trinajstić information content (AvgIpc) is 3.23. The molecule has 1 aliphatic rings. The number of hydrogen-bond donors (Lipinski definition) is 1. The van der Waals surface area contributed by atoms with Gasteiger partial charge in [-0.15, -0.1) is 0 Å². The highest BCUT2D eigenvalue weighted by Gasteiger charge is 2.24. The molecule has 2 aromatic carbocycles. The van der Waals surface area contributed by atoms with Crippen LogP contribution < -0.4 is 14.4 Å². The highest BCUT2D eigenvalue weighted by Crippen LogP contribution is 2.30. The van der Waals surface area contributed by atoms with Crippen LogP contribution in [-0.2, 0) is 27.9 Å². The van der Waals surface area contributed by atoms with Crippen molar-refractivity contribution in [3.63, 3.8) is 0 Å². The number of carbonyl (C=O) groups excluding carboxylic acids is 1. The number of aryl methyl sites for hydroxylation is 1. The van der Waals surface area contributed by atoms with E-state index in [1.165, 1.54) is 25.5 Å². The quantitative estimate of drug-likeness (QED) is 0.642. The van der Waals surface area contributed by atoms with Gasteiger partial charge in [-0.25, -0.2) is 8.42 Å². The lowest BCUT2D eigenvalue weighted by molar-refractivity contribution is -0.119. The van der Waals surface area contributed by atoms with Gasteiger partial charge >= 0.3 is 0 Å². The largest absolute Gasteiger partial charge is 0.495 e. The standard InChI is InChI=1S/C23H31N3O4S/c1-18-10-11-22(30-2)21(14-18)26(31(3,28)29)17-23(27)24-15-19-8-4-5-9-20(19)16-25-12-6-7-13-25/h4-5,8-11,14H,6-7,12-13,15-17H2,1-3H3,(H,24,27). The fraction of sp³-hybridized carbons (Fsp3) is 0.435. The van der Waals surface area contributed by atoms with Crippen LogP contribution in [0.25, 0.3) is 0 Å². The third-order valence-corrected chi connectivity index (χ3v) is 6.60. The van der Waals surface area contributed by atoms with Crippen molar-refractivity contribution in [2.75, 3.05) is 37.3 Å². The second kappa shape index (κ2) is 10.2. The zero-order valence-electron chi connectivity index (χ0n) is 18.4. The van der Waals surface area contributed by atoms with Crippen LogP contribution in [0.5, 0.6) is 5.75 Å². The van der Waals surface area contributed by atoms with Crippen molar-refractivity contribution in [2.24, 2.45) is 0 Å². The molecule has 1 aliphatic heterocycles. The molecule has 0 atom stereocenters. The van der Waals surface area contributed by atoms with Crippen molar-refractivity contribution < 1.29 is 17.9 Å². The molecule has 1 fully saturated rings. The molecular formula is C23H31N3O4S. The summed E-state index contributed by atoms with van der Waals surface area (Å²) in [6, 6.07) is 13.3. The van der Waals surface area contributed by atoms with E-state index >= 15 is 0 Å². The summed E-state index contributed by atoms with van der Waals surface area (Å²) in [5.74, 6) is 0.0322. The molecule has 7 nitrogen and oxygen atoms in total. The summed E-state index contributed by atoms with van der Waals surface area (Å²) in [7, 11) is -2.21. The SMILES string of the molecule is COc1ccc(C)cc1N(CC(=O)NCc1ccccc1CN1CCCC1)S(C)(=O)=O. The highest BCUT2D eigenvalue weighted by atomic mass is 32.2. The van der Waals surface area contributed by atoms with Crippen LogP contribution in [0.4, 0.5) is 5.69 Å². The Hall–Kier alpha value is -2.58. The third kappa shape index (κ3) is 6.21. The number of nitrogens with zero attached hydrogens (tertiary/aromatic N) is 2. The molecule has 31 heavy (non-hydrogen) atoms. The fourth-order valence-electron chi connectivity index (χ4n) is 3.82. The van der Waals surface area contributed by atoms with Gasteiger partial charge < -0.3 is 10.1 Å². The summed E-state index contributed by atoms with van der Waals surface area (Å²) in [4.78, 5) is 15.1. The van der Waals surface area contributed by atoms with Crippen molar-refractivity contribution in [1.82, 2.24) is 10.2 Å². The van der Waals surface area contributed by atoms with E-state index in [-0.39, 0.29) is 12.5 Å². The summed E-state index contributed by atoms with van der Waals surface area (Å²) >= 11 is 0. The van der Waals surface area contributed by atoms with Crippen molar-refractivity contribution in [3.05, 3.63) is 59.2 Å². The Bertz CT molecular complexity index is 1020. The number of benzene rings is 2. The number of amides is 1. The second-order valence-corrected chi connectivity index (χ2v) is 9.88. The Morgan fingerprint density at radius 3 is 2.45 bits per heavy atom. The monoisotopic (exact) mass is 445 g/mol. The summed E-state index contributed by atoms with van der Waals surface area (Å²) in [5, 5.41) is 2.88. The Morgan fingerprint density at radius 1 is 1.13 bits per heavy atom. The first-order valence-corrected chi connectivity index (χ1v) is 12.3. The first-order chi connectivity index (χ1) is 14.8. The van der Waals surface area contributed by atoms with Gasteiger partial charge in [-0.3, -0.25) is 14.0 Å². The van der Waals surface area contributed by atoms with Gasteiger partial charge in [-0.2, -0.15) is 0 Å². The molecule has 1 N–H and O–H groups in total. The maximum atomic E-state index is 12.7. The zero-order chi connectivity index (χ0) is 22.4. The minimum absolute atomic E-state index is 0.313. The molecule has 0 unspecified atom stereocenters. The molecule has 2 aromatic rings. The molecule has 0 aliphatic carbocycles. The number of rotatable bonds is 9. The summed E-state index contributed by atoms with van der Waals surface area (Å²) in [6.45, 7) is 4.96. The molecule has 1 heterocycles. The predicted molar refractivity (Wildman–Crippen MR) is 123 cm³/mol. The van der Waals surface area contributed by atoms with Crippen molar-refractivity contribution in [1.29, 1.82) is 0 Å². The average molecular weight is 446 g/mol. The second-order valence-electron chi connectivity index (χ2n) is 7.97. The van der Waals surface area contributed by atoms with Crippen molar-refractivity contribution in [3.8, 4) is 5.75 Å². The summed E-state index contributed by atoms with van der Waals surface area (Å²) in [6.07, 6.45) is 3.54. The van der Waals surface area contributed by atoms with Gasteiger partial charge in [0.2, 0.25) is 15.9 Å². The smallest absolute Gasteiger partial charge is 0.241 e. The molecule has 0 aromatic heterocycles. The summed E-state index contributed by atoms with van der Waals surface area (Å²) < 4.78 is 31.3. The molecular weight excluding hydrogens is 414 g/mol. The van der Waals surface area contributed by atoms with E-state index < -0.39 is 10.0 Å². The number of hydrogen-bond acceptors (Lipinski definition) is 5. The lowest BCUT2D eigenvalue weighted by atomic mass is 10.1. The number of ether oxygens (including phenoxy) is 1. The van der Waals surface area contributed by atoms with Gasteiger partial charge in [0.1, 0.15) is 12.3 Å². The lowest BCUT2D eigenvalue weighted by Crippen LogP contribution is -2.40. The Morgan fingerprint density at radius 2 is 1.81 bits per heavy atom.